The van der Waals surface area contributed by atoms with Gasteiger partial charge in [-0.05, 0) is 49.2 Å². The highest BCUT2D eigenvalue weighted by Gasteiger charge is 2.32. The number of amides is 1. The van der Waals surface area contributed by atoms with Gasteiger partial charge in [0.25, 0.3) is 5.91 Å². The van der Waals surface area contributed by atoms with Crippen LogP contribution in [0.2, 0.25) is 0 Å². The summed E-state index contributed by atoms with van der Waals surface area (Å²) in [5.74, 6) is 0.0895. The Balaban J connectivity index is 1.37. The van der Waals surface area contributed by atoms with Gasteiger partial charge in [-0.25, -0.2) is 0 Å². The number of rotatable bonds is 6. The van der Waals surface area contributed by atoms with E-state index in [2.05, 4.69) is 15.2 Å². The number of carbonyl (C=O) groups is 1. The molecule has 0 radical (unpaired) electrons. The van der Waals surface area contributed by atoms with E-state index in [0.29, 0.717) is 18.5 Å². The van der Waals surface area contributed by atoms with Gasteiger partial charge in [0, 0.05) is 31.1 Å². The van der Waals surface area contributed by atoms with Gasteiger partial charge >= 0.3 is 6.18 Å². The van der Waals surface area contributed by atoms with Crippen LogP contribution in [-0.4, -0.2) is 39.1 Å². The number of pyridine rings is 1. The lowest BCUT2D eigenvalue weighted by Crippen LogP contribution is -2.30. The Labute approximate surface area is 177 Å². The summed E-state index contributed by atoms with van der Waals surface area (Å²) >= 11 is 0. The number of ether oxygens (including phenoxy) is 1. The molecule has 2 aromatic heterocycles. The molecule has 6 nitrogen and oxygen atoms in total. The zero-order valence-electron chi connectivity index (χ0n) is 16.6. The van der Waals surface area contributed by atoms with Crippen molar-refractivity contribution >= 4 is 5.91 Å². The Kier molecular flexibility index (Phi) is 5.92. The molecule has 0 spiro atoms. The zero-order chi connectivity index (χ0) is 21.8. The summed E-state index contributed by atoms with van der Waals surface area (Å²) in [6, 6.07) is 10.0. The molecule has 1 aromatic carbocycles. The number of aromatic nitrogens is 3. The van der Waals surface area contributed by atoms with E-state index in [0.717, 1.165) is 36.4 Å². The number of nitrogens with zero attached hydrogens (tertiary/aromatic N) is 3. The fourth-order valence-electron chi connectivity index (χ4n) is 3.69. The average Bonchev–Trinajstić information content (AvgIpc) is 3.43. The van der Waals surface area contributed by atoms with E-state index in [4.69, 9.17) is 4.74 Å². The van der Waals surface area contributed by atoms with Gasteiger partial charge in [0.1, 0.15) is 5.75 Å². The SMILES string of the molecule is O=C(c1cccnc1)N1CCC[C@H]1c1cc(CCOc2cccc(C(F)(F)F)c2)[nH]n1. The summed E-state index contributed by atoms with van der Waals surface area (Å²) in [5, 5.41) is 7.30. The summed E-state index contributed by atoms with van der Waals surface area (Å²) in [4.78, 5) is 18.6. The van der Waals surface area contributed by atoms with Crippen molar-refractivity contribution in [3.8, 4) is 5.75 Å². The van der Waals surface area contributed by atoms with Crippen molar-refractivity contribution in [2.24, 2.45) is 0 Å². The van der Waals surface area contributed by atoms with Gasteiger partial charge in [-0.3, -0.25) is 14.9 Å². The normalized spacial score (nSPS) is 16.5. The highest BCUT2D eigenvalue weighted by molar-refractivity contribution is 5.94. The van der Waals surface area contributed by atoms with E-state index in [9.17, 15) is 18.0 Å². The van der Waals surface area contributed by atoms with Crippen molar-refractivity contribution < 1.29 is 22.7 Å². The van der Waals surface area contributed by atoms with Gasteiger partial charge in [-0.1, -0.05) is 6.07 Å². The minimum Gasteiger partial charge on any atom is -0.493 e. The van der Waals surface area contributed by atoms with E-state index in [1.54, 1.807) is 29.4 Å². The van der Waals surface area contributed by atoms with Crippen molar-refractivity contribution in [1.82, 2.24) is 20.1 Å². The molecule has 1 N–H and O–H groups in total. The van der Waals surface area contributed by atoms with Crippen LogP contribution in [0.5, 0.6) is 5.75 Å². The number of benzene rings is 1. The molecule has 1 aliphatic rings. The quantitative estimate of drug-likeness (QED) is 0.628. The van der Waals surface area contributed by atoms with E-state index >= 15 is 0 Å². The molecule has 3 heterocycles. The fourth-order valence-corrected chi connectivity index (χ4v) is 3.69. The zero-order valence-corrected chi connectivity index (χ0v) is 16.6. The lowest BCUT2D eigenvalue weighted by molar-refractivity contribution is -0.137. The molecule has 3 aromatic rings. The van der Waals surface area contributed by atoms with Crippen LogP contribution < -0.4 is 4.74 Å². The second-order valence-corrected chi connectivity index (χ2v) is 7.34. The molecule has 0 bridgehead atoms. The Morgan fingerprint density at radius 2 is 2.10 bits per heavy atom. The number of aromatic amines is 1. The Morgan fingerprint density at radius 1 is 1.23 bits per heavy atom. The number of nitrogens with one attached hydrogen (secondary N) is 1. The highest BCUT2D eigenvalue weighted by atomic mass is 19.4. The molecule has 0 unspecified atom stereocenters. The molecular weight excluding hydrogens is 409 g/mol. The fraction of sp³-hybridized carbons (Fsp3) is 0.318. The van der Waals surface area contributed by atoms with Crippen LogP contribution in [0, 0.1) is 0 Å². The summed E-state index contributed by atoms with van der Waals surface area (Å²) in [6.07, 6.45) is 0.928. The van der Waals surface area contributed by atoms with Crippen molar-refractivity contribution in [1.29, 1.82) is 0 Å². The second kappa shape index (κ2) is 8.79. The number of H-pyrrole nitrogens is 1. The minimum absolute atomic E-state index is 0.0759. The number of halogens is 3. The standard InChI is InChI=1S/C22H21F3N4O2/c23-22(24,25)16-5-1-6-18(12-16)31-11-8-17-13-19(28-27-17)20-7-3-10-29(20)21(30)15-4-2-9-26-14-15/h1-2,4-6,9,12-14,20H,3,7-8,10-11H2,(H,27,28)/t20-/m0/s1. The van der Waals surface area contributed by atoms with Crippen LogP contribution in [-0.2, 0) is 12.6 Å². The third-order valence-electron chi connectivity index (χ3n) is 5.22. The highest BCUT2D eigenvalue weighted by Crippen LogP contribution is 2.33. The first-order valence-corrected chi connectivity index (χ1v) is 9.97. The van der Waals surface area contributed by atoms with Crippen molar-refractivity contribution in [3.05, 3.63) is 77.4 Å². The first-order chi connectivity index (χ1) is 14.9. The minimum atomic E-state index is -4.40. The smallest absolute Gasteiger partial charge is 0.416 e. The van der Waals surface area contributed by atoms with Crippen LogP contribution in [0.15, 0.2) is 54.9 Å². The summed E-state index contributed by atoms with van der Waals surface area (Å²) in [5.41, 5.74) is 1.36. The average molecular weight is 430 g/mol. The van der Waals surface area contributed by atoms with E-state index in [1.807, 2.05) is 6.07 Å². The maximum atomic E-state index is 12.8. The summed E-state index contributed by atoms with van der Waals surface area (Å²) in [7, 11) is 0. The number of carbonyl (C=O) groups excluding carboxylic acids is 1. The topological polar surface area (TPSA) is 71.1 Å². The van der Waals surface area contributed by atoms with Gasteiger partial charge in [-0.2, -0.15) is 18.3 Å². The van der Waals surface area contributed by atoms with Gasteiger partial charge in [0.05, 0.1) is 29.5 Å². The van der Waals surface area contributed by atoms with Crippen LogP contribution in [0.1, 0.15) is 46.2 Å². The van der Waals surface area contributed by atoms with Gasteiger partial charge in [0.2, 0.25) is 0 Å². The molecule has 0 aliphatic carbocycles. The summed E-state index contributed by atoms with van der Waals surface area (Å²) < 4.78 is 43.9. The third-order valence-corrected chi connectivity index (χ3v) is 5.22. The number of hydrogen-bond acceptors (Lipinski definition) is 4. The van der Waals surface area contributed by atoms with Crippen LogP contribution in [0.3, 0.4) is 0 Å². The molecule has 1 saturated heterocycles. The van der Waals surface area contributed by atoms with Crippen LogP contribution in [0.25, 0.3) is 0 Å². The largest absolute Gasteiger partial charge is 0.493 e. The molecule has 162 valence electrons. The first-order valence-electron chi connectivity index (χ1n) is 9.97. The number of hydrogen-bond donors (Lipinski definition) is 1. The van der Waals surface area contributed by atoms with Gasteiger partial charge in [-0.15, -0.1) is 0 Å². The molecule has 1 amide bonds. The lowest BCUT2D eigenvalue weighted by atomic mass is 10.1. The van der Waals surface area contributed by atoms with Crippen LogP contribution >= 0.6 is 0 Å². The summed E-state index contributed by atoms with van der Waals surface area (Å²) in [6.45, 7) is 0.852. The predicted molar refractivity (Wildman–Crippen MR) is 106 cm³/mol. The molecule has 9 heteroatoms. The number of alkyl halides is 3. The maximum Gasteiger partial charge on any atom is 0.416 e. The van der Waals surface area contributed by atoms with Crippen LogP contribution in [0.4, 0.5) is 13.2 Å². The Morgan fingerprint density at radius 3 is 2.87 bits per heavy atom. The van der Waals surface area contributed by atoms with Crippen molar-refractivity contribution in [2.45, 2.75) is 31.5 Å². The van der Waals surface area contributed by atoms with E-state index in [1.165, 1.54) is 12.1 Å². The van der Waals surface area contributed by atoms with Gasteiger partial charge < -0.3 is 9.64 Å². The molecule has 1 aliphatic heterocycles. The molecular formula is C22H21F3N4O2. The molecule has 1 atom stereocenters. The van der Waals surface area contributed by atoms with Gasteiger partial charge in [0.15, 0.2) is 0 Å². The van der Waals surface area contributed by atoms with E-state index in [-0.39, 0.29) is 24.3 Å². The molecule has 4 rings (SSSR count). The lowest BCUT2D eigenvalue weighted by Gasteiger charge is -2.23. The van der Waals surface area contributed by atoms with Crippen molar-refractivity contribution in [3.63, 3.8) is 0 Å². The first kappa shape index (κ1) is 20.9. The Bertz CT molecular complexity index is 1040. The van der Waals surface area contributed by atoms with E-state index < -0.39 is 11.7 Å². The predicted octanol–water partition coefficient (Wildman–Crippen LogP) is 4.42. The second-order valence-electron chi connectivity index (χ2n) is 7.34. The maximum absolute atomic E-state index is 12.8. The Hall–Kier alpha value is -3.36. The molecule has 1 fully saturated rings. The molecule has 31 heavy (non-hydrogen) atoms. The molecule has 0 saturated carbocycles. The number of likely N-dealkylation sites (tertiary alicyclic amines) is 1. The third kappa shape index (κ3) is 4.87. The van der Waals surface area contributed by atoms with Crippen molar-refractivity contribution in [2.75, 3.05) is 13.2 Å². The monoisotopic (exact) mass is 430 g/mol.